The molecule has 1 saturated heterocycles. The highest BCUT2D eigenvalue weighted by molar-refractivity contribution is 6.42. The molecule has 0 bridgehead atoms. The number of nitrogens with zero attached hydrogens (tertiary/aromatic N) is 2. The normalized spacial score (nSPS) is 19.5. The Balaban J connectivity index is 1.48. The number of aliphatic hydroxyl groups excluding tert-OH is 1. The summed E-state index contributed by atoms with van der Waals surface area (Å²) in [4.78, 5) is 16.9. The number of aliphatic hydroxyl groups is 1. The van der Waals surface area contributed by atoms with Crippen LogP contribution in [0.2, 0.25) is 10.0 Å². The van der Waals surface area contributed by atoms with Gasteiger partial charge in [0.15, 0.2) is 0 Å². The number of hydrogen-bond acceptors (Lipinski definition) is 3. The number of amides is 1. The third kappa shape index (κ3) is 4.14. The quantitative estimate of drug-likeness (QED) is 0.791. The first-order chi connectivity index (χ1) is 13.5. The van der Waals surface area contributed by atoms with Crippen molar-refractivity contribution in [3.8, 4) is 0 Å². The van der Waals surface area contributed by atoms with Crippen LogP contribution >= 0.6 is 23.2 Å². The molecule has 1 N–H and O–H groups in total. The summed E-state index contributed by atoms with van der Waals surface area (Å²) in [7, 11) is 0. The molecule has 148 valence electrons. The number of piperidine rings is 1. The fraction of sp³-hybridized carbons (Fsp3) is 0.409. The first-order valence-corrected chi connectivity index (χ1v) is 10.5. The van der Waals surface area contributed by atoms with Crippen molar-refractivity contribution >= 4 is 34.8 Å². The number of hydrogen-bond donors (Lipinski definition) is 1. The van der Waals surface area contributed by atoms with E-state index < -0.39 is 6.10 Å². The Morgan fingerprint density at radius 2 is 1.82 bits per heavy atom. The fourth-order valence-electron chi connectivity index (χ4n) is 4.09. The smallest absolute Gasteiger partial charge is 0.227 e. The Kier molecular flexibility index (Phi) is 5.81. The van der Waals surface area contributed by atoms with Crippen molar-refractivity contribution in [2.75, 3.05) is 24.5 Å². The molecule has 0 saturated carbocycles. The standard InChI is InChI=1S/C22H24Cl2N2O2/c23-19-7-4-15(10-20(19)24)11-22(28)26-13-16-5-6-17(12-18(16)21(27)14-26)25-8-2-1-3-9-25/h4-7,10,12,21,27H,1-3,8-9,11,13-14H2. The molecule has 28 heavy (non-hydrogen) atoms. The summed E-state index contributed by atoms with van der Waals surface area (Å²) in [5, 5.41) is 11.6. The zero-order valence-corrected chi connectivity index (χ0v) is 17.2. The van der Waals surface area contributed by atoms with Crippen LogP contribution in [0.4, 0.5) is 5.69 Å². The zero-order valence-electron chi connectivity index (χ0n) is 15.7. The average Bonchev–Trinajstić information content (AvgIpc) is 2.71. The maximum atomic E-state index is 12.8. The second-order valence-electron chi connectivity index (χ2n) is 7.65. The molecule has 6 heteroatoms. The van der Waals surface area contributed by atoms with Gasteiger partial charge < -0.3 is 14.9 Å². The van der Waals surface area contributed by atoms with Crippen LogP contribution in [0.15, 0.2) is 36.4 Å². The van der Waals surface area contributed by atoms with Gasteiger partial charge in [0.25, 0.3) is 0 Å². The maximum Gasteiger partial charge on any atom is 0.227 e. The van der Waals surface area contributed by atoms with E-state index in [0.29, 0.717) is 23.1 Å². The Bertz CT molecular complexity index is 881. The van der Waals surface area contributed by atoms with Gasteiger partial charge in [0.1, 0.15) is 0 Å². The minimum Gasteiger partial charge on any atom is -0.387 e. The topological polar surface area (TPSA) is 43.8 Å². The van der Waals surface area contributed by atoms with Crippen molar-refractivity contribution in [2.45, 2.75) is 38.3 Å². The van der Waals surface area contributed by atoms with Crippen molar-refractivity contribution in [3.63, 3.8) is 0 Å². The molecule has 1 fully saturated rings. The summed E-state index contributed by atoms with van der Waals surface area (Å²) >= 11 is 12.0. The van der Waals surface area contributed by atoms with E-state index in [1.807, 2.05) is 6.07 Å². The van der Waals surface area contributed by atoms with E-state index in [4.69, 9.17) is 23.2 Å². The van der Waals surface area contributed by atoms with Crippen LogP contribution in [0.1, 0.15) is 42.1 Å². The Morgan fingerprint density at radius 1 is 1.04 bits per heavy atom. The average molecular weight is 419 g/mol. The van der Waals surface area contributed by atoms with E-state index >= 15 is 0 Å². The van der Waals surface area contributed by atoms with Crippen molar-refractivity contribution in [1.82, 2.24) is 4.90 Å². The fourth-order valence-corrected chi connectivity index (χ4v) is 4.41. The Labute approximate surface area is 175 Å². The predicted octanol–water partition coefficient (Wildman–Crippen LogP) is 4.60. The van der Waals surface area contributed by atoms with Gasteiger partial charge in [-0.2, -0.15) is 0 Å². The molecule has 0 aliphatic carbocycles. The third-order valence-electron chi connectivity index (χ3n) is 5.66. The monoisotopic (exact) mass is 418 g/mol. The van der Waals surface area contributed by atoms with E-state index in [1.54, 1.807) is 17.0 Å². The highest BCUT2D eigenvalue weighted by Gasteiger charge is 2.27. The van der Waals surface area contributed by atoms with Gasteiger partial charge in [-0.15, -0.1) is 0 Å². The number of carbonyl (C=O) groups is 1. The van der Waals surface area contributed by atoms with Gasteiger partial charge in [-0.1, -0.05) is 35.3 Å². The van der Waals surface area contributed by atoms with Gasteiger partial charge in [-0.25, -0.2) is 0 Å². The van der Waals surface area contributed by atoms with E-state index in [1.165, 1.54) is 24.9 Å². The third-order valence-corrected chi connectivity index (χ3v) is 6.40. The van der Waals surface area contributed by atoms with E-state index in [-0.39, 0.29) is 12.3 Å². The van der Waals surface area contributed by atoms with Crippen LogP contribution in [-0.4, -0.2) is 35.5 Å². The summed E-state index contributed by atoms with van der Waals surface area (Å²) < 4.78 is 0. The molecule has 2 aliphatic heterocycles. The summed E-state index contributed by atoms with van der Waals surface area (Å²) in [5.41, 5.74) is 3.96. The molecule has 2 aromatic rings. The Morgan fingerprint density at radius 3 is 2.57 bits per heavy atom. The van der Waals surface area contributed by atoms with Crippen molar-refractivity contribution in [3.05, 3.63) is 63.1 Å². The Hall–Kier alpha value is -1.75. The van der Waals surface area contributed by atoms with Crippen molar-refractivity contribution in [2.24, 2.45) is 0 Å². The number of carbonyl (C=O) groups excluding carboxylic acids is 1. The first kappa shape index (κ1) is 19.6. The molecular weight excluding hydrogens is 395 g/mol. The molecule has 2 heterocycles. The number of benzene rings is 2. The highest BCUT2D eigenvalue weighted by Crippen LogP contribution is 2.32. The van der Waals surface area contributed by atoms with Gasteiger partial charge in [0, 0.05) is 25.3 Å². The number of rotatable bonds is 3. The van der Waals surface area contributed by atoms with E-state index in [0.717, 1.165) is 29.8 Å². The van der Waals surface area contributed by atoms with Gasteiger partial charge >= 0.3 is 0 Å². The first-order valence-electron chi connectivity index (χ1n) is 9.79. The maximum absolute atomic E-state index is 12.8. The lowest BCUT2D eigenvalue weighted by atomic mass is 9.95. The SMILES string of the molecule is O=C(Cc1ccc(Cl)c(Cl)c1)N1Cc2ccc(N3CCCCC3)cc2C(O)C1. The minimum atomic E-state index is -0.661. The van der Waals surface area contributed by atoms with Crippen LogP contribution in [0, 0.1) is 0 Å². The zero-order chi connectivity index (χ0) is 19.7. The number of β-amino-alcohol motifs (C(OH)–C–C–N with tert-alkyl or cyclic N) is 1. The minimum absolute atomic E-state index is 0.0248. The lowest BCUT2D eigenvalue weighted by Gasteiger charge is -2.34. The number of anilines is 1. The van der Waals surface area contributed by atoms with Gasteiger partial charge in [0.2, 0.25) is 5.91 Å². The van der Waals surface area contributed by atoms with Crippen LogP contribution in [0.25, 0.3) is 0 Å². The summed E-state index contributed by atoms with van der Waals surface area (Å²) in [6.07, 6.45) is 3.31. The molecular formula is C22H24Cl2N2O2. The molecule has 0 radical (unpaired) electrons. The highest BCUT2D eigenvalue weighted by atomic mass is 35.5. The summed E-state index contributed by atoms with van der Waals surface area (Å²) in [6.45, 7) is 2.98. The van der Waals surface area contributed by atoms with Crippen LogP contribution < -0.4 is 4.90 Å². The van der Waals surface area contributed by atoms with Crippen LogP contribution in [-0.2, 0) is 17.8 Å². The van der Waals surface area contributed by atoms with Crippen molar-refractivity contribution in [1.29, 1.82) is 0 Å². The lowest BCUT2D eigenvalue weighted by molar-refractivity contribution is -0.133. The molecule has 2 aromatic carbocycles. The van der Waals surface area contributed by atoms with Crippen molar-refractivity contribution < 1.29 is 9.90 Å². The molecule has 4 nitrogen and oxygen atoms in total. The van der Waals surface area contributed by atoms with Crippen LogP contribution in [0.3, 0.4) is 0 Å². The molecule has 1 unspecified atom stereocenters. The molecule has 4 rings (SSSR count). The van der Waals surface area contributed by atoms with Crippen LogP contribution in [0.5, 0.6) is 0 Å². The summed E-state index contributed by atoms with van der Waals surface area (Å²) in [5.74, 6) is -0.0248. The largest absolute Gasteiger partial charge is 0.387 e. The number of fused-ring (bicyclic) bond motifs is 1. The van der Waals surface area contributed by atoms with Gasteiger partial charge in [-0.3, -0.25) is 4.79 Å². The number of halogens is 2. The molecule has 2 aliphatic rings. The van der Waals surface area contributed by atoms with Gasteiger partial charge in [-0.05, 0) is 60.2 Å². The molecule has 1 amide bonds. The molecule has 0 spiro atoms. The van der Waals surface area contributed by atoms with E-state index in [2.05, 4.69) is 23.1 Å². The lowest BCUT2D eigenvalue weighted by Crippen LogP contribution is -2.39. The predicted molar refractivity (Wildman–Crippen MR) is 113 cm³/mol. The molecule has 1 atom stereocenters. The molecule has 0 aromatic heterocycles. The van der Waals surface area contributed by atoms with E-state index in [9.17, 15) is 9.90 Å². The second kappa shape index (κ2) is 8.32. The summed E-state index contributed by atoms with van der Waals surface area (Å²) in [6, 6.07) is 11.5. The second-order valence-corrected chi connectivity index (χ2v) is 8.46. The van der Waals surface area contributed by atoms with Gasteiger partial charge in [0.05, 0.1) is 29.1 Å².